The summed E-state index contributed by atoms with van der Waals surface area (Å²) in [6.07, 6.45) is 0.292. The van der Waals surface area contributed by atoms with Crippen LogP contribution in [0.3, 0.4) is 0 Å². The molecule has 0 saturated heterocycles. The molecular weight excluding hydrogens is 336 g/mol. The van der Waals surface area contributed by atoms with Crippen molar-refractivity contribution in [3.05, 3.63) is 41.5 Å². The topological polar surface area (TPSA) is 63.2 Å². The Morgan fingerprint density at radius 2 is 1.81 bits per heavy atom. The average molecular weight is 356 g/mol. The van der Waals surface area contributed by atoms with Gasteiger partial charge in [0.2, 0.25) is 6.79 Å². The zero-order chi connectivity index (χ0) is 18.3. The number of fused-ring (bicyclic) bond motifs is 2. The number of methoxy groups -OCH3 is 1. The minimum absolute atomic E-state index is 0.0415. The van der Waals surface area contributed by atoms with Crippen LogP contribution in [-0.4, -0.2) is 26.0 Å². The highest BCUT2D eigenvalue weighted by molar-refractivity contribution is 5.78. The molecule has 4 rings (SSSR count). The number of rotatable bonds is 4. The Morgan fingerprint density at radius 3 is 2.54 bits per heavy atom. The minimum atomic E-state index is -0.275. The van der Waals surface area contributed by atoms with Crippen molar-refractivity contribution in [2.75, 3.05) is 13.9 Å². The molecule has 26 heavy (non-hydrogen) atoms. The second kappa shape index (κ2) is 6.44. The van der Waals surface area contributed by atoms with Gasteiger partial charge in [0.05, 0.1) is 19.6 Å². The quantitative estimate of drug-likeness (QED) is 0.615. The van der Waals surface area contributed by atoms with Crippen molar-refractivity contribution in [2.24, 2.45) is 0 Å². The van der Waals surface area contributed by atoms with Crippen LogP contribution in [0.4, 0.5) is 0 Å². The molecule has 2 aromatic carbocycles. The van der Waals surface area contributed by atoms with E-state index in [1.54, 1.807) is 13.2 Å². The molecule has 0 saturated carbocycles. The van der Waals surface area contributed by atoms with Crippen molar-refractivity contribution in [3.63, 3.8) is 0 Å². The highest BCUT2D eigenvalue weighted by atomic mass is 16.7. The number of esters is 1. The molecule has 0 bridgehead atoms. The maximum absolute atomic E-state index is 12.1. The molecule has 6 nitrogen and oxygen atoms in total. The Hall–Kier alpha value is -2.89. The van der Waals surface area contributed by atoms with Crippen molar-refractivity contribution in [1.82, 2.24) is 0 Å². The van der Waals surface area contributed by atoms with E-state index in [1.165, 1.54) is 0 Å². The molecule has 136 valence electrons. The summed E-state index contributed by atoms with van der Waals surface area (Å²) in [5.41, 5.74) is 1.85. The lowest BCUT2D eigenvalue weighted by atomic mass is 9.86. The van der Waals surface area contributed by atoms with Crippen molar-refractivity contribution < 1.29 is 28.5 Å². The molecule has 0 amide bonds. The highest BCUT2D eigenvalue weighted by Crippen LogP contribution is 2.47. The average Bonchev–Trinajstić information content (AvgIpc) is 3.06. The Morgan fingerprint density at radius 1 is 1.04 bits per heavy atom. The molecule has 0 fully saturated rings. The maximum Gasteiger partial charge on any atom is 0.312 e. The van der Waals surface area contributed by atoms with Crippen LogP contribution in [0.25, 0.3) is 0 Å². The minimum Gasteiger partial charge on any atom is -0.493 e. The van der Waals surface area contributed by atoms with Gasteiger partial charge in [-0.3, -0.25) is 4.79 Å². The van der Waals surface area contributed by atoms with E-state index in [0.29, 0.717) is 28.7 Å². The predicted molar refractivity (Wildman–Crippen MR) is 93.4 cm³/mol. The van der Waals surface area contributed by atoms with Crippen molar-refractivity contribution in [1.29, 1.82) is 0 Å². The smallest absolute Gasteiger partial charge is 0.312 e. The SMILES string of the molecule is COc1cc([C@@H]2CC(=O)Oc3cc4c(cc32)OCO4)ccc1OC(C)C. The van der Waals surface area contributed by atoms with Crippen molar-refractivity contribution >= 4 is 5.97 Å². The van der Waals surface area contributed by atoms with Crippen molar-refractivity contribution in [3.8, 4) is 28.7 Å². The predicted octanol–water partition coefficient (Wildman–Crippen LogP) is 3.65. The lowest BCUT2D eigenvalue weighted by Crippen LogP contribution is -2.21. The molecule has 1 atom stereocenters. The van der Waals surface area contributed by atoms with E-state index in [9.17, 15) is 4.79 Å². The van der Waals surface area contributed by atoms with Crippen LogP contribution < -0.4 is 23.7 Å². The third kappa shape index (κ3) is 2.92. The number of hydrogen-bond donors (Lipinski definition) is 0. The van der Waals surface area contributed by atoms with Gasteiger partial charge in [0, 0.05) is 17.5 Å². The fourth-order valence-corrected chi connectivity index (χ4v) is 3.29. The Balaban J connectivity index is 1.75. The summed E-state index contributed by atoms with van der Waals surface area (Å²) in [5, 5.41) is 0. The summed E-state index contributed by atoms with van der Waals surface area (Å²) < 4.78 is 27.5. The molecule has 2 heterocycles. The van der Waals surface area contributed by atoms with E-state index < -0.39 is 0 Å². The lowest BCUT2D eigenvalue weighted by molar-refractivity contribution is -0.135. The number of carbonyl (C=O) groups is 1. The van der Waals surface area contributed by atoms with E-state index in [0.717, 1.165) is 11.1 Å². The fourth-order valence-electron chi connectivity index (χ4n) is 3.29. The van der Waals surface area contributed by atoms with Gasteiger partial charge in [-0.2, -0.15) is 0 Å². The lowest BCUT2D eigenvalue weighted by Gasteiger charge is -2.26. The summed E-state index contributed by atoms with van der Waals surface area (Å²) in [6.45, 7) is 4.10. The second-order valence-corrected chi connectivity index (χ2v) is 6.55. The first-order valence-electron chi connectivity index (χ1n) is 8.54. The zero-order valence-corrected chi connectivity index (χ0v) is 14.9. The Kier molecular flexibility index (Phi) is 4.11. The van der Waals surface area contributed by atoms with Gasteiger partial charge in [0.1, 0.15) is 5.75 Å². The summed E-state index contributed by atoms with van der Waals surface area (Å²) in [6, 6.07) is 9.35. The molecule has 0 N–H and O–H groups in total. The van der Waals surface area contributed by atoms with E-state index in [1.807, 2.05) is 38.1 Å². The van der Waals surface area contributed by atoms with Crippen molar-refractivity contribution in [2.45, 2.75) is 32.3 Å². The van der Waals surface area contributed by atoms with E-state index in [-0.39, 0.29) is 31.2 Å². The van der Waals surface area contributed by atoms with E-state index in [2.05, 4.69) is 0 Å². The first kappa shape index (κ1) is 16.6. The highest BCUT2D eigenvalue weighted by Gasteiger charge is 2.32. The van der Waals surface area contributed by atoms with E-state index >= 15 is 0 Å². The first-order valence-corrected chi connectivity index (χ1v) is 8.54. The van der Waals surface area contributed by atoms with Crippen LogP contribution in [0.5, 0.6) is 28.7 Å². The molecule has 0 aliphatic carbocycles. The molecule has 0 spiro atoms. The fraction of sp³-hybridized carbons (Fsp3) is 0.350. The molecule has 6 heteroatoms. The van der Waals surface area contributed by atoms with Gasteiger partial charge in [0.25, 0.3) is 0 Å². The molecule has 0 radical (unpaired) electrons. The maximum atomic E-state index is 12.1. The van der Waals surface area contributed by atoms with Gasteiger partial charge in [-0.1, -0.05) is 6.07 Å². The number of ether oxygens (including phenoxy) is 5. The Bertz CT molecular complexity index is 858. The third-order valence-corrected chi connectivity index (χ3v) is 4.43. The van der Waals surface area contributed by atoms with Crippen LogP contribution in [0.1, 0.15) is 37.3 Å². The van der Waals surface area contributed by atoms with E-state index in [4.69, 9.17) is 23.7 Å². The monoisotopic (exact) mass is 356 g/mol. The van der Waals surface area contributed by atoms with Gasteiger partial charge in [-0.05, 0) is 37.6 Å². The second-order valence-electron chi connectivity index (χ2n) is 6.55. The molecule has 0 unspecified atom stereocenters. The molecule has 0 aromatic heterocycles. The molecule has 2 aliphatic rings. The standard InChI is InChI=1S/C20H20O6/c1-11(2)25-15-5-4-12(6-17(15)22-3)13-8-20(21)26-16-9-19-18(7-14(13)16)23-10-24-19/h4-7,9,11,13H,8,10H2,1-3H3/t13-/m0/s1. The number of hydrogen-bond acceptors (Lipinski definition) is 6. The van der Waals surface area contributed by atoms with Gasteiger partial charge in [-0.25, -0.2) is 0 Å². The third-order valence-electron chi connectivity index (χ3n) is 4.43. The van der Waals surface area contributed by atoms with Crippen LogP contribution in [0.15, 0.2) is 30.3 Å². The largest absolute Gasteiger partial charge is 0.493 e. The van der Waals surface area contributed by atoms with Crippen LogP contribution >= 0.6 is 0 Å². The van der Waals surface area contributed by atoms with Gasteiger partial charge in [0.15, 0.2) is 23.0 Å². The normalized spacial score (nSPS) is 17.7. The zero-order valence-electron chi connectivity index (χ0n) is 14.9. The van der Waals surface area contributed by atoms with Crippen LogP contribution in [0, 0.1) is 0 Å². The summed E-state index contributed by atoms with van der Waals surface area (Å²) in [4.78, 5) is 12.1. The number of benzene rings is 2. The number of carbonyl (C=O) groups excluding carboxylic acids is 1. The first-order chi connectivity index (χ1) is 12.5. The van der Waals surface area contributed by atoms with Gasteiger partial charge >= 0.3 is 5.97 Å². The van der Waals surface area contributed by atoms with Gasteiger partial charge in [-0.15, -0.1) is 0 Å². The molecule has 2 aliphatic heterocycles. The van der Waals surface area contributed by atoms with Crippen LogP contribution in [-0.2, 0) is 4.79 Å². The Labute approximate surface area is 151 Å². The summed E-state index contributed by atoms with van der Waals surface area (Å²) in [5.74, 6) is 2.66. The van der Waals surface area contributed by atoms with Gasteiger partial charge < -0.3 is 23.7 Å². The van der Waals surface area contributed by atoms with Crippen LogP contribution in [0.2, 0.25) is 0 Å². The molecule has 2 aromatic rings. The summed E-state index contributed by atoms with van der Waals surface area (Å²) in [7, 11) is 1.60. The molecular formula is C20H20O6. The summed E-state index contributed by atoms with van der Waals surface area (Å²) >= 11 is 0.